The van der Waals surface area contributed by atoms with Crippen molar-refractivity contribution in [2.24, 2.45) is 7.05 Å². The third kappa shape index (κ3) is 1.84. The zero-order chi connectivity index (χ0) is 9.14. The van der Waals surface area contributed by atoms with Crippen molar-refractivity contribution in [3.8, 4) is 0 Å². The van der Waals surface area contributed by atoms with Gasteiger partial charge in [-0.3, -0.25) is 4.68 Å². The first-order valence-electron chi connectivity index (χ1n) is 3.94. The lowest BCUT2D eigenvalue weighted by Crippen LogP contribution is -2.02. The van der Waals surface area contributed by atoms with Gasteiger partial charge in [-0.05, 0) is 13.0 Å². The van der Waals surface area contributed by atoms with Crippen molar-refractivity contribution in [2.45, 2.75) is 19.4 Å². The van der Waals surface area contributed by atoms with Crippen LogP contribution >= 0.6 is 0 Å². The SMILES string of the molecule is Cc1cc(C(O)CCO)nn1C. The van der Waals surface area contributed by atoms with Crippen LogP contribution in [-0.4, -0.2) is 26.6 Å². The first-order chi connectivity index (χ1) is 5.65. The fourth-order valence-electron chi connectivity index (χ4n) is 1.02. The summed E-state index contributed by atoms with van der Waals surface area (Å²) in [7, 11) is 1.82. The zero-order valence-electron chi connectivity index (χ0n) is 7.36. The van der Waals surface area contributed by atoms with Crippen molar-refractivity contribution >= 4 is 0 Å². The molecule has 0 aromatic carbocycles. The lowest BCUT2D eigenvalue weighted by molar-refractivity contribution is 0.130. The highest BCUT2D eigenvalue weighted by molar-refractivity contribution is 5.10. The van der Waals surface area contributed by atoms with Crippen LogP contribution in [0.3, 0.4) is 0 Å². The van der Waals surface area contributed by atoms with E-state index in [0.29, 0.717) is 12.1 Å². The maximum Gasteiger partial charge on any atom is 0.1000 e. The smallest absolute Gasteiger partial charge is 0.1000 e. The van der Waals surface area contributed by atoms with Crippen LogP contribution in [-0.2, 0) is 7.05 Å². The number of hydrogen-bond donors (Lipinski definition) is 2. The lowest BCUT2D eigenvalue weighted by Gasteiger charge is -2.03. The van der Waals surface area contributed by atoms with Crippen molar-refractivity contribution in [3.63, 3.8) is 0 Å². The van der Waals surface area contributed by atoms with E-state index in [1.165, 1.54) is 0 Å². The van der Waals surface area contributed by atoms with Crippen molar-refractivity contribution < 1.29 is 10.2 Å². The Bertz CT molecular complexity index is 238. The molecule has 4 nitrogen and oxygen atoms in total. The molecule has 1 aromatic heterocycles. The predicted molar refractivity (Wildman–Crippen MR) is 44.6 cm³/mol. The summed E-state index contributed by atoms with van der Waals surface area (Å²) in [5, 5.41) is 22.1. The quantitative estimate of drug-likeness (QED) is 0.678. The molecule has 0 fully saturated rings. The topological polar surface area (TPSA) is 58.3 Å². The van der Waals surface area contributed by atoms with E-state index in [9.17, 15) is 5.11 Å². The van der Waals surface area contributed by atoms with Gasteiger partial charge in [-0.25, -0.2) is 0 Å². The second-order valence-corrected chi connectivity index (χ2v) is 2.86. The maximum absolute atomic E-state index is 9.42. The molecule has 1 atom stereocenters. The highest BCUT2D eigenvalue weighted by Crippen LogP contribution is 2.14. The summed E-state index contributed by atoms with van der Waals surface area (Å²) in [6.07, 6.45) is -0.300. The third-order valence-electron chi connectivity index (χ3n) is 1.88. The normalized spacial score (nSPS) is 13.3. The predicted octanol–water partition coefficient (Wildman–Crippen LogP) is 0.144. The van der Waals surface area contributed by atoms with Crippen molar-refractivity contribution in [3.05, 3.63) is 17.5 Å². The van der Waals surface area contributed by atoms with Gasteiger partial charge in [-0.15, -0.1) is 0 Å². The van der Waals surface area contributed by atoms with Gasteiger partial charge in [-0.2, -0.15) is 5.10 Å². The monoisotopic (exact) mass is 170 g/mol. The van der Waals surface area contributed by atoms with Gasteiger partial charge in [0.2, 0.25) is 0 Å². The maximum atomic E-state index is 9.42. The van der Waals surface area contributed by atoms with Crippen LogP contribution < -0.4 is 0 Å². The summed E-state index contributed by atoms with van der Waals surface area (Å²) in [5.41, 5.74) is 1.63. The number of aliphatic hydroxyl groups excluding tert-OH is 2. The highest BCUT2D eigenvalue weighted by Gasteiger charge is 2.10. The molecule has 4 heteroatoms. The fraction of sp³-hybridized carbons (Fsp3) is 0.625. The fourth-order valence-corrected chi connectivity index (χ4v) is 1.02. The molecular formula is C8H14N2O2. The average Bonchev–Trinajstić information content (AvgIpc) is 2.33. The molecule has 0 saturated heterocycles. The van der Waals surface area contributed by atoms with E-state index in [1.807, 2.05) is 20.0 Å². The molecule has 0 amide bonds. The second kappa shape index (κ2) is 3.69. The summed E-state index contributed by atoms with van der Waals surface area (Å²) in [4.78, 5) is 0. The van der Waals surface area contributed by atoms with Gasteiger partial charge in [0.1, 0.15) is 0 Å². The molecule has 0 aliphatic rings. The lowest BCUT2D eigenvalue weighted by atomic mass is 10.2. The van der Waals surface area contributed by atoms with Gasteiger partial charge in [0.15, 0.2) is 0 Å². The van der Waals surface area contributed by atoms with Gasteiger partial charge in [0.05, 0.1) is 11.8 Å². The van der Waals surface area contributed by atoms with E-state index < -0.39 is 6.10 Å². The number of aliphatic hydroxyl groups is 2. The molecule has 1 rings (SSSR count). The molecule has 1 unspecified atom stereocenters. The van der Waals surface area contributed by atoms with Crippen LogP contribution in [0.4, 0.5) is 0 Å². The van der Waals surface area contributed by atoms with Crippen LogP contribution in [0.1, 0.15) is 23.9 Å². The summed E-state index contributed by atoms with van der Waals surface area (Å²) in [5.74, 6) is 0. The number of rotatable bonds is 3. The number of hydrogen-bond acceptors (Lipinski definition) is 3. The molecule has 0 aliphatic carbocycles. The Hall–Kier alpha value is -0.870. The summed E-state index contributed by atoms with van der Waals surface area (Å²) >= 11 is 0. The molecule has 2 N–H and O–H groups in total. The van der Waals surface area contributed by atoms with Crippen molar-refractivity contribution in [1.29, 1.82) is 0 Å². The van der Waals surface area contributed by atoms with Crippen molar-refractivity contribution in [1.82, 2.24) is 9.78 Å². The largest absolute Gasteiger partial charge is 0.396 e. The molecule has 68 valence electrons. The van der Waals surface area contributed by atoms with E-state index in [-0.39, 0.29) is 6.61 Å². The Morgan fingerprint density at radius 3 is 2.75 bits per heavy atom. The van der Waals surface area contributed by atoms with Crippen LogP contribution in [0.15, 0.2) is 6.07 Å². The van der Waals surface area contributed by atoms with E-state index in [2.05, 4.69) is 5.10 Å². The number of aromatic nitrogens is 2. The molecule has 0 aliphatic heterocycles. The minimum atomic E-state index is -0.644. The Labute approximate surface area is 71.5 Å². The van der Waals surface area contributed by atoms with Crippen LogP contribution in [0, 0.1) is 6.92 Å². The van der Waals surface area contributed by atoms with Crippen molar-refractivity contribution in [2.75, 3.05) is 6.61 Å². The van der Waals surface area contributed by atoms with E-state index in [1.54, 1.807) is 4.68 Å². The minimum Gasteiger partial charge on any atom is -0.396 e. The summed E-state index contributed by atoms with van der Waals surface area (Å²) in [6.45, 7) is 1.90. The number of nitrogens with zero attached hydrogens (tertiary/aromatic N) is 2. The summed E-state index contributed by atoms with van der Waals surface area (Å²) < 4.78 is 1.70. The van der Waals surface area contributed by atoms with Gasteiger partial charge < -0.3 is 10.2 Å². The second-order valence-electron chi connectivity index (χ2n) is 2.86. The van der Waals surface area contributed by atoms with Crippen LogP contribution in [0.2, 0.25) is 0 Å². The Morgan fingerprint density at radius 2 is 2.33 bits per heavy atom. The Kier molecular flexibility index (Phi) is 2.83. The molecule has 1 aromatic rings. The van der Waals surface area contributed by atoms with Gasteiger partial charge in [0.25, 0.3) is 0 Å². The molecule has 1 heterocycles. The molecular weight excluding hydrogens is 156 g/mol. The summed E-state index contributed by atoms with van der Waals surface area (Å²) in [6, 6.07) is 1.82. The minimum absolute atomic E-state index is 0.0171. The van der Waals surface area contributed by atoms with E-state index in [0.717, 1.165) is 5.69 Å². The zero-order valence-corrected chi connectivity index (χ0v) is 7.36. The van der Waals surface area contributed by atoms with Gasteiger partial charge in [-0.1, -0.05) is 0 Å². The number of aryl methyl sites for hydroxylation is 2. The molecule has 0 radical (unpaired) electrons. The average molecular weight is 170 g/mol. The van der Waals surface area contributed by atoms with Gasteiger partial charge >= 0.3 is 0 Å². The van der Waals surface area contributed by atoms with Crippen LogP contribution in [0.25, 0.3) is 0 Å². The third-order valence-corrected chi connectivity index (χ3v) is 1.88. The standard InChI is InChI=1S/C8H14N2O2/c1-6-5-7(9-10(6)2)8(12)3-4-11/h5,8,11-12H,3-4H2,1-2H3. The molecule has 0 saturated carbocycles. The Morgan fingerprint density at radius 1 is 1.67 bits per heavy atom. The van der Waals surface area contributed by atoms with Crippen LogP contribution in [0.5, 0.6) is 0 Å². The Balaban J connectivity index is 2.74. The molecule has 0 bridgehead atoms. The van der Waals surface area contributed by atoms with E-state index >= 15 is 0 Å². The first-order valence-corrected chi connectivity index (χ1v) is 3.94. The first kappa shape index (κ1) is 9.22. The highest BCUT2D eigenvalue weighted by atomic mass is 16.3. The molecule has 12 heavy (non-hydrogen) atoms. The van der Waals surface area contributed by atoms with Gasteiger partial charge in [0, 0.05) is 25.8 Å². The molecule has 0 spiro atoms. The van der Waals surface area contributed by atoms with E-state index in [4.69, 9.17) is 5.11 Å².